The van der Waals surface area contributed by atoms with Crippen molar-refractivity contribution in [2.45, 2.75) is 6.92 Å². The Kier molecular flexibility index (Phi) is 2.52. The summed E-state index contributed by atoms with van der Waals surface area (Å²) in [6.07, 6.45) is 4.03. The van der Waals surface area contributed by atoms with E-state index in [2.05, 4.69) is 21.0 Å². The number of nitrogen functional groups attached to an aromatic ring is 1. The van der Waals surface area contributed by atoms with Gasteiger partial charge in [0.1, 0.15) is 0 Å². The number of aromatic nitrogens is 2. The Morgan fingerprint density at radius 1 is 1.47 bits per heavy atom. The normalized spacial score (nSPS) is 11.7. The number of nitrogens with two attached hydrogens (primary N) is 1. The minimum Gasteiger partial charge on any atom is -0.382 e. The lowest BCUT2D eigenvalue weighted by Gasteiger charge is -2.01. The van der Waals surface area contributed by atoms with Crippen LogP contribution in [0, 0.1) is 0 Å². The molecular formula is C11H12BrN3. The van der Waals surface area contributed by atoms with Crippen LogP contribution in [0.15, 0.2) is 22.7 Å². The van der Waals surface area contributed by atoms with Crippen LogP contribution in [0.5, 0.6) is 0 Å². The highest BCUT2D eigenvalue weighted by Crippen LogP contribution is 2.31. The zero-order chi connectivity index (χ0) is 11.0. The Labute approximate surface area is 96.7 Å². The molecule has 0 spiro atoms. The molecule has 0 aliphatic heterocycles. The lowest BCUT2D eigenvalue weighted by atomic mass is 10.1. The minimum atomic E-state index is 0.571. The molecule has 0 radical (unpaired) electrons. The van der Waals surface area contributed by atoms with Crippen molar-refractivity contribution in [3.8, 4) is 0 Å². The van der Waals surface area contributed by atoms with E-state index in [9.17, 15) is 0 Å². The summed E-state index contributed by atoms with van der Waals surface area (Å²) < 4.78 is 2.80. The van der Waals surface area contributed by atoms with Gasteiger partial charge in [-0.1, -0.05) is 18.2 Å². The van der Waals surface area contributed by atoms with E-state index in [1.807, 2.05) is 38.3 Å². The van der Waals surface area contributed by atoms with Gasteiger partial charge in [0.25, 0.3) is 0 Å². The average Bonchev–Trinajstić information content (AvgIpc) is 2.48. The molecule has 15 heavy (non-hydrogen) atoms. The summed E-state index contributed by atoms with van der Waals surface area (Å²) in [5.41, 5.74) is 8.02. The summed E-state index contributed by atoms with van der Waals surface area (Å²) in [7, 11) is 1.89. The molecule has 0 atom stereocenters. The second-order valence-electron chi connectivity index (χ2n) is 3.37. The number of hydrogen-bond acceptors (Lipinski definition) is 2. The molecule has 0 aliphatic carbocycles. The summed E-state index contributed by atoms with van der Waals surface area (Å²) in [6, 6.07) is 4.04. The minimum absolute atomic E-state index is 0.571. The number of aryl methyl sites for hydroxylation is 1. The van der Waals surface area contributed by atoms with Crippen molar-refractivity contribution in [1.82, 2.24) is 9.78 Å². The summed E-state index contributed by atoms with van der Waals surface area (Å²) >= 11 is 3.51. The highest BCUT2D eigenvalue weighted by molar-refractivity contribution is 9.10. The van der Waals surface area contributed by atoms with Gasteiger partial charge in [-0.2, -0.15) is 5.10 Å². The largest absolute Gasteiger partial charge is 0.382 e. The lowest BCUT2D eigenvalue weighted by Crippen LogP contribution is -1.91. The molecule has 0 saturated heterocycles. The maximum Gasteiger partial charge on any atom is 0.154 e. The number of hydrogen-bond donors (Lipinski definition) is 1. The fraction of sp³-hybridized carbons (Fsp3) is 0.182. The SMILES string of the molecule is C/C=C/c1ccc(Br)c2c1c(N)nn2C. The van der Waals surface area contributed by atoms with Gasteiger partial charge in [-0.15, -0.1) is 0 Å². The predicted octanol–water partition coefficient (Wildman–Crippen LogP) is 2.95. The monoisotopic (exact) mass is 265 g/mol. The van der Waals surface area contributed by atoms with E-state index in [0.717, 1.165) is 20.9 Å². The second kappa shape index (κ2) is 3.70. The van der Waals surface area contributed by atoms with Crippen molar-refractivity contribution in [2.75, 3.05) is 5.73 Å². The van der Waals surface area contributed by atoms with E-state index >= 15 is 0 Å². The molecule has 0 amide bonds. The molecule has 1 aromatic heterocycles. The van der Waals surface area contributed by atoms with Crippen LogP contribution < -0.4 is 5.73 Å². The van der Waals surface area contributed by atoms with Crippen molar-refractivity contribution >= 4 is 38.7 Å². The molecule has 4 heteroatoms. The van der Waals surface area contributed by atoms with E-state index < -0.39 is 0 Å². The number of halogens is 1. The van der Waals surface area contributed by atoms with Crippen molar-refractivity contribution in [3.05, 3.63) is 28.2 Å². The standard InChI is InChI=1S/C11H12BrN3/c1-3-4-7-5-6-8(12)10-9(7)11(13)14-15(10)2/h3-6H,1-2H3,(H2,13,14)/b4-3+. The maximum atomic E-state index is 5.89. The molecule has 2 aromatic rings. The van der Waals surface area contributed by atoms with Crippen molar-refractivity contribution in [3.63, 3.8) is 0 Å². The zero-order valence-corrected chi connectivity index (χ0v) is 10.2. The third kappa shape index (κ3) is 1.55. The van der Waals surface area contributed by atoms with Gasteiger partial charge in [0.15, 0.2) is 5.82 Å². The van der Waals surface area contributed by atoms with Gasteiger partial charge in [-0.25, -0.2) is 0 Å². The molecule has 0 bridgehead atoms. The van der Waals surface area contributed by atoms with Crippen LogP contribution in [0.1, 0.15) is 12.5 Å². The molecule has 1 heterocycles. The first-order chi connectivity index (χ1) is 7.15. The highest BCUT2D eigenvalue weighted by atomic mass is 79.9. The number of rotatable bonds is 1. The Morgan fingerprint density at radius 2 is 2.20 bits per heavy atom. The van der Waals surface area contributed by atoms with Crippen molar-refractivity contribution in [1.29, 1.82) is 0 Å². The average molecular weight is 266 g/mol. The first kappa shape index (κ1) is 10.2. The smallest absolute Gasteiger partial charge is 0.154 e. The second-order valence-corrected chi connectivity index (χ2v) is 4.22. The molecule has 2 N–H and O–H groups in total. The molecule has 0 saturated carbocycles. The van der Waals surface area contributed by atoms with E-state index in [1.54, 1.807) is 4.68 Å². The first-order valence-corrected chi connectivity index (χ1v) is 5.48. The molecule has 0 unspecified atom stereocenters. The molecule has 0 fully saturated rings. The third-order valence-electron chi connectivity index (χ3n) is 2.34. The molecule has 0 aliphatic rings. The van der Waals surface area contributed by atoms with E-state index in [4.69, 9.17) is 5.73 Å². The zero-order valence-electron chi connectivity index (χ0n) is 8.66. The van der Waals surface area contributed by atoms with Gasteiger partial charge < -0.3 is 5.73 Å². The summed E-state index contributed by atoms with van der Waals surface area (Å²) in [5, 5.41) is 5.23. The van der Waals surface area contributed by atoms with Crippen LogP contribution >= 0.6 is 15.9 Å². The van der Waals surface area contributed by atoms with Crippen LogP contribution in [0.3, 0.4) is 0 Å². The Bertz CT molecular complexity index is 540. The topological polar surface area (TPSA) is 43.8 Å². The quantitative estimate of drug-likeness (QED) is 0.862. The number of benzene rings is 1. The number of fused-ring (bicyclic) bond motifs is 1. The Balaban J connectivity index is 2.91. The maximum absolute atomic E-state index is 5.89. The van der Waals surface area contributed by atoms with Gasteiger partial charge in [-0.05, 0) is 34.5 Å². The molecule has 3 nitrogen and oxygen atoms in total. The summed E-state index contributed by atoms with van der Waals surface area (Å²) in [6.45, 7) is 1.99. The van der Waals surface area contributed by atoms with Crippen LogP contribution in [0.2, 0.25) is 0 Å². The molecule has 2 rings (SSSR count). The highest BCUT2D eigenvalue weighted by Gasteiger charge is 2.11. The molecule has 1 aromatic carbocycles. The van der Waals surface area contributed by atoms with Gasteiger partial charge in [0.05, 0.1) is 10.9 Å². The van der Waals surface area contributed by atoms with Crippen LogP contribution in [0.4, 0.5) is 5.82 Å². The Morgan fingerprint density at radius 3 is 2.87 bits per heavy atom. The Hall–Kier alpha value is -1.29. The van der Waals surface area contributed by atoms with Gasteiger partial charge >= 0.3 is 0 Å². The number of anilines is 1. The third-order valence-corrected chi connectivity index (χ3v) is 2.98. The van der Waals surface area contributed by atoms with Gasteiger partial charge in [0, 0.05) is 11.5 Å². The van der Waals surface area contributed by atoms with Crippen LogP contribution in [0.25, 0.3) is 17.0 Å². The number of nitrogens with zero attached hydrogens (tertiary/aromatic N) is 2. The van der Waals surface area contributed by atoms with E-state index in [-0.39, 0.29) is 0 Å². The summed E-state index contributed by atoms with van der Waals surface area (Å²) in [5.74, 6) is 0.571. The van der Waals surface area contributed by atoms with Gasteiger partial charge in [-0.3, -0.25) is 4.68 Å². The predicted molar refractivity (Wildman–Crippen MR) is 67.5 cm³/mol. The molecular weight excluding hydrogens is 254 g/mol. The molecule has 78 valence electrons. The van der Waals surface area contributed by atoms with Crippen LogP contribution in [-0.2, 0) is 7.05 Å². The van der Waals surface area contributed by atoms with Crippen molar-refractivity contribution < 1.29 is 0 Å². The first-order valence-electron chi connectivity index (χ1n) is 4.68. The summed E-state index contributed by atoms with van der Waals surface area (Å²) in [4.78, 5) is 0. The van der Waals surface area contributed by atoms with Crippen LogP contribution in [-0.4, -0.2) is 9.78 Å². The van der Waals surface area contributed by atoms with E-state index in [0.29, 0.717) is 5.82 Å². The van der Waals surface area contributed by atoms with Crippen molar-refractivity contribution in [2.24, 2.45) is 7.05 Å². The van der Waals surface area contributed by atoms with E-state index in [1.165, 1.54) is 0 Å². The lowest BCUT2D eigenvalue weighted by molar-refractivity contribution is 0.800. The number of allylic oxidation sites excluding steroid dienone is 1. The fourth-order valence-electron chi connectivity index (χ4n) is 1.75. The van der Waals surface area contributed by atoms with Gasteiger partial charge in [0.2, 0.25) is 0 Å². The fourth-order valence-corrected chi connectivity index (χ4v) is 2.33.